The second-order valence-corrected chi connectivity index (χ2v) is 8.53. The zero-order chi connectivity index (χ0) is 18.7. The first-order valence-corrected chi connectivity index (χ1v) is 9.90. The van der Waals surface area contributed by atoms with Crippen LogP contribution in [0, 0.1) is 6.92 Å². The standard InChI is InChI=1S/C18H18ClN3O3S/c1-13-3-5-14(6-4-13)12-26(23,24)22(2)11-17-20-18(21-25-17)15-7-9-16(19)10-8-15/h3-10H,11-12H2,1-2H3. The molecule has 0 N–H and O–H groups in total. The van der Waals surface area contributed by atoms with Gasteiger partial charge in [-0.1, -0.05) is 46.6 Å². The van der Waals surface area contributed by atoms with E-state index in [1.54, 1.807) is 24.3 Å². The van der Waals surface area contributed by atoms with Crippen LogP contribution in [-0.2, 0) is 22.3 Å². The molecule has 26 heavy (non-hydrogen) atoms. The van der Waals surface area contributed by atoms with E-state index in [9.17, 15) is 8.42 Å². The Hall–Kier alpha value is -2.22. The quantitative estimate of drug-likeness (QED) is 0.640. The lowest BCUT2D eigenvalue weighted by Gasteiger charge is -2.15. The van der Waals surface area contributed by atoms with Crippen molar-refractivity contribution in [1.82, 2.24) is 14.4 Å². The minimum atomic E-state index is -3.50. The zero-order valence-electron chi connectivity index (χ0n) is 14.4. The Balaban J connectivity index is 1.70. The molecule has 2 aromatic carbocycles. The number of sulfonamides is 1. The number of hydrogen-bond donors (Lipinski definition) is 0. The third-order valence-electron chi connectivity index (χ3n) is 3.87. The first-order chi connectivity index (χ1) is 12.3. The summed E-state index contributed by atoms with van der Waals surface area (Å²) in [5.74, 6) is 0.535. The predicted octanol–water partition coefficient (Wildman–Crippen LogP) is 3.66. The highest BCUT2D eigenvalue weighted by atomic mass is 35.5. The van der Waals surface area contributed by atoms with E-state index in [0.717, 1.165) is 16.7 Å². The Kier molecular flexibility index (Phi) is 5.41. The number of halogens is 1. The number of nitrogens with zero attached hydrogens (tertiary/aromatic N) is 3. The summed E-state index contributed by atoms with van der Waals surface area (Å²) in [4.78, 5) is 4.26. The van der Waals surface area contributed by atoms with Crippen molar-refractivity contribution in [3.8, 4) is 11.4 Å². The average Bonchev–Trinajstić information content (AvgIpc) is 3.06. The molecule has 0 bridgehead atoms. The molecule has 0 saturated heterocycles. The van der Waals surface area contributed by atoms with Gasteiger partial charge >= 0.3 is 0 Å². The van der Waals surface area contributed by atoms with E-state index in [-0.39, 0.29) is 18.2 Å². The van der Waals surface area contributed by atoms with Gasteiger partial charge in [0.2, 0.25) is 21.7 Å². The fourth-order valence-corrected chi connectivity index (χ4v) is 3.60. The monoisotopic (exact) mass is 391 g/mol. The molecular formula is C18H18ClN3O3S. The van der Waals surface area contributed by atoms with Gasteiger partial charge in [-0.15, -0.1) is 0 Å². The van der Waals surface area contributed by atoms with Crippen molar-refractivity contribution in [2.75, 3.05) is 7.05 Å². The van der Waals surface area contributed by atoms with Crippen LogP contribution in [0.5, 0.6) is 0 Å². The zero-order valence-corrected chi connectivity index (χ0v) is 16.0. The Morgan fingerprint density at radius 3 is 2.38 bits per heavy atom. The van der Waals surface area contributed by atoms with Crippen molar-refractivity contribution in [3.63, 3.8) is 0 Å². The maximum absolute atomic E-state index is 12.5. The highest BCUT2D eigenvalue weighted by Crippen LogP contribution is 2.20. The summed E-state index contributed by atoms with van der Waals surface area (Å²) in [6.07, 6.45) is 0. The van der Waals surface area contributed by atoms with E-state index >= 15 is 0 Å². The molecule has 0 atom stereocenters. The van der Waals surface area contributed by atoms with Gasteiger partial charge in [-0.3, -0.25) is 0 Å². The first-order valence-electron chi connectivity index (χ1n) is 7.91. The average molecular weight is 392 g/mol. The van der Waals surface area contributed by atoms with Gasteiger partial charge in [-0.2, -0.15) is 9.29 Å². The minimum Gasteiger partial charge on any atom is -0.338 e. The Morgan fingerprint density at radius 1 is 1.08 bits per heavy atom. The molecule has 0 aliphatic rings. The summed E-state index contributed by atoms with van der Waals surface area (Å²) in [7, 11) is -2.00. The van der Waals surface area contributed by atoms with E-state index in [1.165, 1.54) is 11.4 Å². The topological polar surface area (TPSA) is 76.3 Å². The number of rotatable bonds is 6. The Bertz CT molecular complexity index is 983. The SMILES string of the molecule is Cc1ccc(CS(=O)(=O)N(C)Cc2nc(-c3ccc(Cl)cc3)no2)cc1. The molecule has 0 saturated carbocycles. The predicted molar refractivity (Wildman–Crippen MR) is 100 cm³/mol. The second-order valence-electron chi connectivity index (χ2n) is 6.02. The van der Waals surface area contributed by atoms with Gasteiger partial charge in [-0.25, -0.2) is 8.42 Å². The normalized spacial score (nSPS) is 11.8. The molecule has 6 nitrogen and oxygen atoms in total. The van der Waals surface area contributed by atoms with Crippen LogP contribution in [0.15, 0.2) is 53.1 Å². The van der Waals surface area contributed by atoms with E-state index in [0.29, 0.717) is 10.8 Å². The highest BCUT2D eigenvalue weighted by molar-refractivity contribution is 7.88. The van der Waals surface area contributed by atoms with Crippen LogP contribution in [0.2, 0.25) is 5.02 Å². The van der Waals surface area contributed by atoms with E-state index in [1.807, 2.05) is 31.2 Å². The number of aryl methyl sites for hydroxylation is 1. The van der Waals surface area contributed by atoms with Crippen LogP contribution in [-0.4, -0.2) is 29.9 Å². The van der Waals surface area contributed by atoms with E-state index in [4.69, 9.17) is 16.1 Å². The van der Waals surface area contributed by atoms with Crippen molar-refractivity contribution in [2.45, 2.75) is 19.2 Å². The van der Waals surface area contributed by atoms with Crippen molar-refractivity contribution >= 4 is 21.6 Å². The van der Waals surface area contributed by atoms with Gasteiger partial charge in [0.15, 0.2) is 0 Å². The van der Waals surface area contributed by atoms with Crippen LogP contribution in [0.3, 0.4) is 0 Å². The molecule has 0 amide bonds. The number of aromatic nitrogens is 2. The largest absolute Gasteiger partial charge is 0.338 e. The maximum Gasteiger partial charge on any atom is 0.242 e. The van der Waals surface area contributed by atoms with Gasteiger partial charge < -0.3 is 4.52 Å². The smallest absolute Gasteiger partial charge is 0.242 e. The number of benzene rings is 2. The van der Waals surface area contributed by atoms with Crippen molar-refractivity contribution in [3.05, 3.63) is 70.6 Å². The Morgan fingerprint density at radius 2 is 1.73 bits per heavy atom. The molecule has 0 aliphatic carbocycles. The summed E-state index contributed by atoms with van der Waals surface area (Å²) < 4.78 is 31.4. The molecule has 0 aliphatic heterocycles. The van der Waals surface area contributed by atoms with Gasteiger partial charge in [0.05, 0.1) is 12.3 Å². The summed E-state index contributed by atoms with van der Waals surface area (Å²) in [6.45, 7) is 1.97. The molecule has 0 radical (unpaired) electrons. The van der Waals surface area contributed by atoms with Crippen LogP contribution < -0.4 is 0 Å². The van der Waals surface area contributed by atoms with Gasteiger partial charge in [-0.05, 0) is 36.8 Å². The third-order valence-corrected chi connectivity index (χ3v) is 5.90. The summed E-state index contributed by atoms with van der Waals surface area (Å²) in [5.41, 5.74) is 2.56. The fraction of sp³-hybridized carbons (Fsp3) is 0.222. The fourth-order valence-electron chi connectivity index (χ4n) is 2.33. The Labute approximate surface area is 157 Å². The van der Waals surface area contributed by atoms with Crippen LogP contribution in [0.1, 0.15) is 17.0 Å². The van der Waals surface area contributed by atoms with E-state index in [2.05, 4.69) is 10.1 Å². The number of hydrogen-bond acceptors (Lipinski definition) is 5. The minimum absolute atomic E-state index is 0.00871. The first kappa shape index (κ1) is 18.6. The molecule has 0 spiro atoms. The van der Waals surface area contributed by atoms with Crippen LogP contribution in [0.25, 0.3) is 11.4 Å². The second kappa shape index (κ2) is 7.57. The highest BCUT2D eigenvalue weighted by Gasteiger charge is 2.21. The molecule has 1 aromatic heterocycles. The molecule has 3 aromatic rings. The lowest BCUT2D eigenvalue weighted by Crippen LogP contribution is -2.27. The summed E-state index contributed by atoms with van der Waals surface area (Å²) >= 11 is 5.86. The molecule has 0 fully saturated rings. The molecule has 1 heterocycles. The summed E-state index contributed by atoms with van der Waals surface area (Å²) in [6, 6.07) is 14.4. The van der Waals surface area contributed by atoms with Gasteiger partial charge in [0, 0.05) is 17.6 Å². The lowest BCUT2D eigenvalue weighted by molar-refractivity contribution is 0.336. The van der Waals surface area contributed by atoms with Gasteiger partial charge in [0.1, 0.15) is 0 Å². The molecule has 3 rings (SSSR count). The van der Waals surface area contributed by atoms with Gasteiger partial charge in [0.25, 0.3) is 0 Å². The summed E-state index contributed by atoms with van der Waals surface area (Å²) in [5, 5.41) is 4.50. The van der Waals surface area contributed by atoms with Crippen LogP contribution in [0.4, 0.5) is 0 Å². The molecular weight excluding hydrogens is 374 g/mol. The molecule has 136 valence electrons. The molecule has 8 heteroatoms. The molecule has 0 unspecified atom stereocenters. The van der Waals surface area contributed by atoms with E-state index < -0.39 is 10.0 Å². The van der Waals surface area contributed by atoms with Crippen molar-refractivity contribution < 1.29 is 12.9 Å². The van der Waals surface area contributed by atoms with Crippen molar-refractivity contribution in [2.24, 2.45) is 0 Å². The van der Waals surface area contributed by atoms with Crippen LogP contribution >= 0.6 is 11.6 Å². The third kappa shape index (κ3) is 4.49. The maximum atomic E-state index is 12.5. The van der Waals surface area contributed by atoms with Crippen molar-refractivity contribution in [1.29, 1.82) is 0 Å². The lowest BCUT2D eigenvalue weighted by atomic mass is 10.2.